The van der Waals surface area contributed by atoms with Gasteiger partial charge in [-0.25, -0.2) is 8.42 Å². The molecule has 6 heteroatoms. The summed E-state index contributed by atoms with van der Waals surface area (Å²) in [6, 6.07) is 5.78. The van der Waals surface area contributed by atoms with Crippen LogP contribution in [0.2, 0.25) is 0 Å². The zero-order chi connectivity index (χ0) is 25.7. The third-order valence-electron chi connectivity index (χ3n) is 6.53. The van der Waals surface area contributed by atoms with Crippen LogP contribution in [0.5, 0.6) is 0 Å². The zero-order valence-electron chi connectivity index (χ0n) is 22.5. The fourth-order valence-corrected chi connectivity index (χ4v) is 4.98. The Kier molecular flexibility index (Phi) is 20.2. The molecule has 1 aromatic carbocycles. The number of alkyl halides is 1. The molecule has 34 heavy (non-hydrogen) atoms. The lowest BCUT2D eigenvalue weighted by molar-refractivity contribution is -0.928. The second kappa shape index (κ2) is 20.6. The van der Waals surface area contributed by atoms with Crippen molar-refractivity contribution in [3.63, 3.8) is 0 Å². The van der Waals surface area contributed by atoms with Crippen molar-refractivity contribution in [2.45, 2.75) is 116 Å². The van der Waals surface area contributed by atoms with Gasteiger partial charge in [0.15, 0.2) is 0 Å². The second-order valence-electron chi connectivity index (χ2n) is 9.73. The van der Waals surface area contributed by atoms with E-state index in [1.807, 2.05) is 6.92 Å². The summed E-state index contributed by atoms with van der Waals surface area (Å²) in [4.78, 5) is -0.178. The van der Waals surface area contributed by atoms with Crippen LogP contribution in [0.25, 0.3) is 0 Å². The molecular weight excluding hydrogens is 466 g/mol. The van der Waals surface area contributed by atoms with Crippen molar-refractivity contribution in [2.75, 3.05) is 32.1 Å². The summed E-state index contributed by atoms with van der Waals surface area (Å²) in [5, 5.41) is 0. The number of benzene rings is 1. The largest absolute Gasteiger partial charge is 0.744 e. The normalized spacial score (nSPS) is 11.8. The van der Waals surface area contributed by atoms with Crippen LogP contribution in [0.3, 0.4) is 0 Å². The number of hydrogen-bond acceptors (Lipinski definition) is 3. The van der Waals surface area contributed by atoms with Gasteiger partial charge in [-0.2, -0.15) is 0 Å². The molecular formula is C28H52ClNO3S. The Balaban J connectivity index is 0.000000818. The van der Waals surface area contributed by atoms with Crippen molar-refractivity contribution in [1.82, 2.24) is 0 Å². The van der Waals surface area contributed by atoms with Crippen LogP contribution in [0.1, 0.15) is 110 Å². The molecule has 1 rings (SSSR count). The molecule has 0 aliphatic carbocycles. The van der Waals surface area contributed by atoms with Gasteiger partial charge in [-0.05, 0) is 57.6 Å². The third-order valence-corrected chi connectivity index (χ3v) is 7.65. The molecule has 0 saturated heterocycles. The molecule has 1 aromatic rings. The van der Waals surface area contributed by atoms with E-state index in [9.17, 15) is 13.0 Å². The van der Waals surface area contributed by atoms with Crippen LogP contribution < -0.4 is 0 Å². The Hall–Kier alpha value is -0.620. The second-order valence-corrected chi connectivity index (χ2v) is 11.5. The van der Waals surface area contributed by atoms with Gasteiger partial charge in [0, 0.05) is 12.3 Å². The van der Waals surface area contributed by atoms with Crippen LogP contribution in [0, 0.1) is 6.92 Å². The number of unbranched alkanes of at least 4 members (excludes halogenated alkanes) is 9. The minimum Gasteiger partial charge on any atom is -0.744 e. The first kappa shape index (κ1) is 33.4. The molecule has 0 bridgehead atoms. The van der Waals surface area contributed by atoms with E-state index in [0.717, 1.165) is 11.4 Å². The predicted molar refractivity (Wildman–Crippen MR) is 147 cm³/mol. The number of nitrogens with zero attached hydrogens (tertiary/aromatic N) is 1. The summed E-state index contributed by atoms with van der Waals surface area (Å²) < 4.78 is 32.5. The highest BCUT2D eigenvalue weighted by atomic mass is 35.5. The highest BCUT2D eigenvalue weighted by Crippen LogP contribution is 2.18. The van der Waals surface area contributed by atoms with E-state index in [4.69, 9.17) is 11.6 Å². The summed E-state index contributed by atoms with van der Waals surface area (Å²) in [7, 11) is -4.27. The van der Waals surface area contributed by atoms with E-state index in [1.54, 1.807) is 12.1 Å². The minimum absolute atomic E-state index is 0.178. The smallest absolute Gasteiger partial charge is 0.124 e. The molecule has 0 atom stereocenters. The van der Waals surface area contributed by atoms with E-state index in [0.29, 0.717) is 0 Å². The summed E-state index contributed by atoms with van der Waals surface area (Å²) in [6.07, 6.45) is 17.9. The van der Waals surface area contributed by atoms with Gasteiger partial charge in [0.05, 0.1) is 31.1 Å². The zero-order valence-corrected chi connectivity index (χ0v) is 24.1. The number of halogens is 1. The Morgan fingerprint density at radius 1 is 0.676 bits per heavy atom. The Morgan fingerprint density at radius 2 is 1.06 bits per heavy atom. The highest BCUT2D eigenvalue weighted by molar-refractivity contribution is 7.85. The fraction of sp³-hybridized carbons (Fsp3) is 0.786. The van der Waals surface area contributed by atoms with Gasteiger partial charge in [0.25, 0.3) is 0 Å². The van der Waals surface area contributed by atoms with E-state index >= 15 is 0 Å². The highest BCUT2D eigenvalue weighted by Gasteiger charge is 2.25. The van der Waals surface area contributed by atoms with Gasteiger partial charge in [-0.15, -0.1) is 11.6 Å². The van der Waals surface area contributed by atoms with Crippen molar-refractivity contribution in [3.05, 3.63) is 29.8 Å². The predicted octanol–water partition coefficient (Wildman–Crippen LogP) is 8.07. The number of rotatable bonds is 19. The van der Waals surface area contributed by atoms with Gasteiger partial charge in [0.2, 0.25) is 0 Å². The molecule has 0 aromatic heterocycles. The van der Waals surface area contributed by atoms with Crippen LogP contribution in [0.4, 0.5) is 0 Å². The van der Waals surface area contributed by atoms with Crippen LogP contribution >= 0.6 is 11.6 Å². The van der Waals surface area contributed by atoms with Crippen molar-refractivity contribution >= 4 is 21.7 Å². The molecule has 0 fully saturated rings. The fourth-order valence-electron chi connectivity index (χ4n) is 4.39. The molecule has 0 saturated carbocycles. The lowest BCUT2D eigenvalue weighted by atomic mass is 10.1. The number of hydrogen-bond donors (Lipinski definition) is 0. The maximum Gasteiger partial charge on any atom is 0.124 e. The number of quaternary nitrogens is 1. The SMILES string of the molecule is CCCCCC[N+](CCCCl)(CCCCCC)CCCCCC.Cc1ccc(S(=O)(=O)[O-])cc1. The first-order valence-corrected chi connectivity index (χ1v) is 15.6. The van der Waals surface area contributed by atoms with Crippen LogP contribution in [0.15, 0.2) is 29.2 Å². The molecule has 0 aliphatic rings. The standard InChI is InChI=1S/C21H45ClN.C7H8O3S/c1-4-7-10-13-18-23(21-16-17-22,19-14-11-8-5-2)20-15-12-9-6-3;1-6-2-4-7(5-3-6)11(8,9)10/h4-21H2,1-3H3;2-5H,1H3,(H,8,9,10)/q+1;/p-1. The van der Waals surface area contributed by atoms with Crippen molar-refractivity contribution in [2.24, 2.45) is 0 Å². The topological polar surface area (TPSA) is 57.2 Å². The van der Waals surface area contributed by atoms with E-state index in [1.165, 1.54) is 126 Å². The summed E-state index contributed by atoms with van der Waals surface area (Å²) in [6.45, 7) is 14.3. The summed E-state index contributed by atoms with van der Waals surface area (Å²) in [5.41, 5.74) is 0.928. The van der Waals surface area contributed by atoms with Gasteiger partial charge in [0.1, 0.15) is 10.1 Å². The van der Waals surface area contributed by atoms with Crippen molar-refractivity contribution in [1.29, 1.82) is 0 Å². The molecule has 0 spiro atoms. The minimum atomic E-state index is -4.27. The lowest BCUT2D eigenvalue weighted by Crippen LogP contribution is -2.51. The lowest BCUT2D eigenvalue weighted by Gasteiger charge is -2.39. The van der Waals surface area contributed by atoms with Crippen LogP contribution in [-0.2, 0) is 10.1 Å². The Morgan fingerprint density at radius 3 is 1.38 bits per heavy atom. The van der Waals surface area contributed by atoms with E-state index < -0.39 is 10.1 Å². The summed E-state index contributed by atoms with van der Waals surface area (Å²) in [5.74, 6) is 0.832. The first-order chi connectivity index (χ1) is 16.2. The van der Waals surface area contributed by atoms with Crippen molar-refractivity contribution < 1.29 is 17.5 Å². The molecule has 0 amide bonds. The molecule has 0 aliphatic heterocycles. The molecule has 0 heterocycles. The molecule has 200 valence electrons. The third kappa shape index (κ3) is 16.9. The maximum atomic E-state index is 10.4. The molecule has 0 unspecified atom stereocenters. The van der Waals surface area contributed by atoms with Crippen LogP contribution in [-0.4, -0.2) is 49.5 Å². The average molecular weight is 518 g/mol. The number of aryl methyl sites for hydroxylation is 1. The Labute approximate surface area is 216 Å². The molecule has 0 N–H and O–H groups in total. The molecule has 4 nitrogen and oxygen atoms in total. The monoisotopic (exact) mass is 517 g/mol. The first-order valence-electron chi connectivity index (χ1n) is 13.7. The maximum absolute atomic E-state index is 10.4. The molecule has 0 radical (unpaired) electrons. The quantitative estimate of drug-likeness (QED) is 0.0806. The average Bonchev–Trinajstić information content (AvgIpc) is 2.81. The van der Waals surface area contributed by atoms with Gasteiger partial charge in [-0.3, -0.25) is 0 Å². The summed E-state index contributed by atoms with van der Waals surface area (Å²) >= 11 is 6.05. The van der Waals surface area contributed by atoms with E-state index in [-0.39, 0.29) is 4.90 Å². The van der Waals surface area contributed by atoms with Crippen molar-refractivity contribution in [3.8, 4) is 0 Å². The van der Waals surface area contributed by atoms with Gasteiger partial charge >= 0.3 is 0 Å². The van der Waals surface area contributed by atoms with E-state index in [2.05, 4.69) is 20.8 Å². The van der Waals surface area contributed by atoms with Gasteiger partial charge < -0.3 is 9.04 Å². The Bertz CT molecular complexity index is 661. The van der Waals surface area contributed by atoms with Gasteiger partial charge in [-0.1, -0.05) is 77.0 Å².